The van der Waals surface area contributed by atoms with Crippen LogP contribution in [0.3, 0.4) is 0 Å². The molecule has 1 aliphatic rings. The number of hydrogen-bond acceptors (Lipinski definition) is 5. The predicted molar refractivity (Wildman–Crippen MR) is 95.2 cm³/mol. The average Bonchev–Trinajstić information content (AvgIpc) is 2.94. The molecule has 134 valence electrons. The third-order valence-corrected chi connectivity index (χ3v) is 5.29. The first-order valence-corrected chi connectivity index (χ1v) is 9.54. The first kappa shape index (κ1) is 17.4. The Kier molecular flexibility index (Phi) is 4.76. The molecule has 1 heterocycles. The Morgan fingerprint density at radius 2 is 1.96 bits per heavy atom. The highest BCUT2D eigenvalue weighted by molar-refractivity contribution is 7.92. The highest BCUT2D eigenvalue weighted by Gasteiger charge is 2.24. The van der Waals surface area contributed by atoms with Crippen LogP contribution in [0, 0.1) is 0 Å². The molecule has 0 saturated carbocycles. The van der Waals surface area contributed by atoms with Crippen molar-refractivity contribution in [3.05, 3.63) is 42.0 Å². The summed E-state index contributed by atoms with van der Waals surface area (Å²) >= 11 is 0. The number of rotatable bonds is 6. The zero-order valence-corrected chi connectivity index (χ0v) is 15.2. The molecular weight excluding hydrogens is 342 g/mol. The van der Waals surface area contributed by atoms with E-state index in [1.54, 1.807) is 18.2 Å². The lowest BCUT2D eigenvalue weighted by Crippen LogP contribution is -2.14. The summed E-state index contributed by atoms with van der Waals surface area (Å²) < 4.78 is 44.3. The van der Waals surface area contributed by atoms with E-state index in [0.717, 1.165) is 12.0 Å². The Morgan fingerprint density at radius 1 is 1.24 bits per heavy atom. The summed E-state index contributed by atoms with van der Waals surface area (Å²) in [5.74, 6) is 1.77. The van der Waals surface area contributed by atoms with Gasteiger partial charge in [0.25, 0.3) is 10.0 Å². The molecule has 1 atom stereocenters. The number of ether oxygens (including phenoxy) is 3. The summed E-state index contributed by atoms with van der Waals surface area (Å²) in [5, 5.41) is 0. The minimum absolute atomic E-state index is 0.0675. The fourth-order valence-corrected chi connectivity index (χ4v) is 3.81. The molecule has 0 spiro atoms. The van der Waals surface area contributed by atoms with E-state index in [2.05, 4.69) is 4.72 Å². The normalized spacial score (nSPS) is 16.0. The third kappa shape index (κ3) is 3.66. The van der Waals surface area contributed by atoms with Gasteiger partial charge in [0.1, 0.15) is 23.4 Å². The number of fused-ring (bicyclic) bond motifs is 1. The second kappa shape index (κ2) is 6.84. The maximum Gasteiger partial charge on any atom is 0.262 e. The molecule has 0 saturated heterocycles. The number of nitrogens with one attached hydrogen (secondary N) is 1. The number of benzene rings is 2. The van der Waals surface area contributed by atoms with Crippen LogP contribution in [0.15, 0.2) is 41.3 Å². The van der Waals surface area contributed by atoms with Crippen molar-refractivity contribution in [2.75, 3.05) is 18.4 Å². The van der Waals surface area contributed by atoms with Crippen LogP contribution >= 0.6 is 0 Å². The SMILES string of the molecule is CCOc1cc2c(cc1NS(=O)(=O)c1ccc(OC)cc1)O[C@H](C)C2. The van der Waals surface area contributed by atoms with Gasteiger partial charge in [0.15, 0.2) is 0 Å². The Bertz CT molecular complexity index is 862. The average molecular weight is 363 g/mol. The maximum atomic E-state index is 12.7. The van der Waals surface area contributed by atoms with Crippen molar-refractivity contribution in [2.24, 2.45) is 0 Å². The van der Waals surface area contributed by atoms with Crippen LogP contribution in [0.1, 0.15) is 19.4 Å². The highest BCUT2D eigenvalue weighted by atomic mass is 32.2. The van der Waals surface area contributed by atoms with Gasteiger partial charge in [-0.05, 0) is 44.2 Å². The minimum Gasteiger partial charge on any atom is -0.497 e. The summed E-state index contributed by atoms with van der Waals surface area (Å²) in [7, 11) is -2.22. The van der Waals surface area contributed by atoms with Gasteiger partial charge in [-0.1, -0.05) is 0 Å². The topological polar surface area (TPSA) is 73.9 Å². The lowest BCUT2D eigenvalue weighted by Gasteiger charge is -2.15. The molecule has 25 heavy (non-hydrogen) atoms. The molecule has 1 N–H and O–H groups in total. The van der Waals surface area contributed by atoms with Crippen LogP contribution in [-0.4, -0.2) is 28.2 Å². The Labute approximate surface area is 147 Å². The van der Waals surface area contributed by atoms with E-state index in [1.807, 2.05) is 19.9 Å². The van der Waals surface area contributed by atoms with Crippen molar-refractivity contribution >= 4 is 15.7 Å². The van der Waals surface area contributed by atoms with Gasteiger partial charge in [-0.3, -0.25) is 4.72 Å². The summed E-state index contributed by atoms with van der Waals surface area (Å²) in [6.07, 6.45) is 0.846. The van der Waals surface area contributed by atoms with Crippen LogP contribution in [0.2, 0.25) is 0 Å². The smallest absolute Gasteiger partial charge is 0.262 e. The quantitative estimate of drug-likeness (QED) is 0.853. The lowest BCUT2D eigenvalue weighted by molar-refractivity contribution is 0.254. The zero-order chi connectivity index (χ0) is 18.0. The molecule has 7 heteroatoms. The van der Waals surface area contributed by atoms with Gasteiger partial charge in [-0.2, -0.15) is 0 Å². The fourth-order valence-electron chi connectivity index (χ4n) is 2.75. The molecule has 2 aromatic rings. The van der Waals surface area contributed by atoms with Gasteiger partial charge in [0.05, 0.1) is 24.3 Å². The van der Waals surface area contributed by atoms with Gasteiger partial charge in [0, 0.05) is 18.1 Å². The molecule has 0 bridgehead atoms. The first-order chi connectivity index (χ1) is 11.9. The molecule has 3 rings (SSSR count). The molecule has 0 radical (unpaired) electrons. The largest absolute Gasteiger partial charge is 0.497 e. The molecule has 0 aromatic heterocycles. The number of hydrogen-bond donors (Lipinski definition) is 1. The highest BCUT2D eigenvalue weighted by Crippen LogP contribution is 2.38. The lowest BCUT2D eigenvalue weighted by atomic mass is 10.1. The van der Waals surface area contributed by atoms with Gasteiger partial charge in [-0.25, -0.2) is 8.42 Å². The maximum absolute atomic E-state index is 12.7. The molecule has 0 amide bonds. The summed E-state index contributed by atoms with van der Waals surface area (Å²) in [6, 6.07) is 9.72. The van der Waals surface area contributed by atoms with Gasteiger partial charge in [0.2, 0.25) is 0 Å². The molecule has 6 nitrogen and oxygen atoms in total. The van der Waals surface area contributed by atoms with E-state index >= 15 is 0 Å². The molecule has 1 aliphatic heterocycles. The van der Waals surface area contributed by atoms with Crippen LogP contribution in [0.25, 0.3) is 0 Å². The van der Waals surface area contributed by atoms with Crippen molar-refractivity contribution < 1.29 is 22.6 Å². The Hall–Kier alpha value is -2.41. The van der Waals surface area contributed by atoms with E-state index in [1.165, 1.54) is 19.2 Å². The van der Waals surface area contributed by atoms with Crippen LogP contribution < -0.4 is 18.9 Å². The Morgan fingerprint density at radius 3 is 2.60 bits per heavy atom. The molecule has 0 aliphatic carbocycles. The number of sulfonamides is 1. The second-order valence-corrected chi connectivity index (χ2v) is 7.49. The van der Waals surface area contributed by atoms with Crippen LogP contribution in [-0.2, 0) is 16.4 Å². The van der Waals surface area contributed by atoms with E-state index < -0.39 is 10.0 Å². The van der Waals surface area contributed by atoms with Gasteiger partial charge >= 0.3 is 0 Å². The van der Waals surface area contributed by atoms with Crippen molar-refractivity contribution in [3.63, 3.8) is 0 Å². The number of anilines is 1. The minimum atomic E-state index is -3.75. The second-order valence-electron chi connectivity index (χ2n) is 5.80. The predicted octanol–water partition coefficient (Wildman–Crippen LogP) is 3.22. The van der Waals surface area contributed by atoms with E-state index in [9.17, 15) is 8.42 Å². The zero-order valence-electron chi connectivity index (χ0n) is 14.4. The first-order valence-electron chi connectivity index (χ1n) is 8.06. The van der Waals surface area contributed by atoms with E-state index in [0.29, 0.717) is 29.5 Å². The van der Waals surface area contributed by atoms with Crippen molar-refractivity contribution in [1.29, 1.82) is 0 Å². The monoisotopic (exact) mass is 363 g/mol. The van der Waals surface area contributed by atoms with E-state index in [4.69, 9.17) is 14.2 Å². The third-order valence-electron chi connectivity index (χ3n) is 3.91. The summed E-state index contributed by atoms with van der Waals surface area (Å²) in [6.45, 7) is 4.27. The van der Waals surface area contributed by atoms with Crippen LogP contribution in [0.4, 0.5) is 5.69 Å². The number of methoxy groups -OCH3 is 1. The van der Waals surface area contributed by atoms with Gasteiger partial charge in [-0.15, -0.1) is 0 Å². The van der Waals surface area contributed by atoms with Gasteiger partial charge < -0.3 is 14.2 Å². The van der Waals surface area contributed by atoms with Crippen LogP contribution in [0.5, 0.6) is 17.2 Å². The molecule has 0 unspecified atom stereocenters. The van der Waals surface area contributed by atoms with Crippen molar-refractivity contribution in [1.82, 2.24) is 0 Å². The molecular formula is C18H21NO5S. The summed E-state index contributed by atoms with van der Waals surface area (Å²) in [4.78, 5) is 0.144. The fraction of sp³-hybridized carbons (Fsp3) is 0.333. The summed E-state index contributed by atoms with van der Waals surface area (Å²) in [5.41, 5.74) is 1.38. The Balaban J connectivity index is 1.94. The van der Waals surface area contributed by atoms with Crippen molar-refractivity contribution in [2.45, 2.75) is 31.3 Å². The standard InChI is InChI=1S/C18H21NO5S/c1-4-23-18-10-13-9-12(2)24-17(13)11-16(18)19-25(20,21)15-7-5-14(22-3)6-8-15/h5-8,10-12,19H,4,9H2,1-3H3/t12-/m1/s1. The van der Waals surface area contributed by atoms with E-state index in [-0.39, 0.29) is 11.0 Å². The van der Waals surface area contributed by atoms with Crippen molar-refractivity contribution in [3.8, 4) is 17.2 Å². The molecule has 2 aromatic carbocycles. The molecule has 0 fully saturated rings.